The molecular formula is C27H30N2O4. The number of aryl methyl sites for hydroxylation is 1. The van der Waals surface area contributed by atoms with Crippen molar-refractivity contribution in [1.29, 1.82) is 0 Å². The minimum atomic E-state index is -0.933. The molecule has 2 aromatic carbocycles. The van der Waals surface area contributed by atoms with Gasteiger partial charge in [0.15, 0.2) is 0 Å². The van der Waals surface area contributed by atoms with E-state index in [1.807, 2.05) is 55.5 Å². The molecule has 6 heteroatoms. The van der Waals surface area contributed by atoms with Crippen LogP contribution >= 0.6 is 0 Å². The number of rotatable bonds is 8. The number of hydrogen-bond acceptors (Lipinski definition) is 4. The second-order valence-electron chi connectivity index (χ2n) is 8.96. The Morgan fingerprint density at radius 3 is 2.39 bits per heavy atom. The van der Waals surface area contributed by atoms with Crippen molar-refractivity contribution in [2.24, 2.45) is 11.8 Å². The van der Waals surface area contributed by atoms with E-state index in [9.17, 15) is 9.59 Å². The number of carboxylic acids is 1. The fourth-order valence-corrected chi connectivity index (χ4v) is 4.60. The highest BCUT2D eigenvalue weighted by Gasteiger charge is 2.23. The lowest BCUT2D eigenvalue weighted by Crippen LogP contribution is -2.29. The van der Waals surface area contributed by atoms with E-state index in [1.165, 1.54) is 0 Å². The number of nitrogens with zero attached hydrogens (tertiary/aromatic N) is 2. The van der Waals surface area contributed by atoms with Crippen molar-refractivity contribution in [2.45, 2.75) is 39.2 Å². The van der Waals surface area contributed by atoms with Crippen LogP contribution in [-0.4, -0.2) is 34.1 Å². The van der Waals surface area contributed by atoms with Gasteiger partial charge in [0.25, 0.3) is 5.56 Å². The fourth-order valence-electron chi connectivity index (χ4n) is 4.60. The van der Waals surface area contributed by atoms with Crippen molar-refractivity contribution in [3.8, 4) is 22.4 Å². The second-order valence-corrected chi connectivity index (χ2v) is 8.96. The molecule has 0 radical (unpaired) electrons. The molecule has 0 spiro atoms. The third-order valence-electron chi connectivity index (χ3n) is 6.35. The first-order valence-corrected chi connectivity index (χ1v) is 11.5. The van der Waals surface area contributed by atoms with Gasteiger partial charge >= 0.3 is 5.97 Å². The quantitative estimate of drug-likeness (QED) is 0.538. The van der Waals surface area contributed by atoms with Crippen LogP contribution in [0.1, 0.15) is 31.2 Å². The minimum absolute atomic E-state index is 0.0851. The summed E-state index contributed by atoms with van der Waals surface area (Å²) in [4.78, 5) is 23.7. The molecule has 0 aliphatic heterocycles. The van der Waals surface area contributed by atoms with Crippen LogP contribution in [0.4, 0.5) is 0 Å². The highest BCUT2D eigenvalue weighted by Crippen LogP contribution is 2.32. The number of carboxylic acid groups (broad SMARTS) is 1. The molecule has 0 saturated heterocycles. The summed E-state index contributed by atoms with van der Waals surface area (Å²) in [6.45, 7) is 2.88. The molecule has 1 heterocycles. The Morgan fingerprint density at radius 1 is 1.00 bits per heavy atom. The van der Waals surface area contributed by atoms with Crippen molar-refractivity contribution in [3.05, 3.63) is 76.6 Å². The van der Waals surface area contributed by atoms with Gasteiger partial charge in [0, 0.05) is 23.7 Å². The minimum Gasteiger partial charge on any atom is -0.480 e. The zero-order chi connectivity index (χ0) is 23.2. The lowest BCUT2D eigenvalue weighted by atomic mass is 9.82. The first kappa shape index (κ1) is 22.9. The van der Waals surface area contributed by atoms with Crippen molar-refractivity contribution >= 4 is 5.97 Å². The van der Waals surface area contributed by atoms with Crippen molar-refractivity contribution < 1.29 is 14.6 Å². The van der Waals surface area contributed by atoms with Crippen LogP contribution < -0.4 is 5.56 Å². The molecule has 1 saturated carbocycles. The molecule has 1 aromatic heterocycles. The lowest BCUT2D eigenvalue weighted by Gasteiger charge is -2.28. The van der Waals surface area contributed by atoms with Crippen LogP contribution in [0.5, 0.6) is 0 Å². The summed E-state index contributed by atoms with van der Waals surface area (Å²) in [6, 6.07) is 19.9. The highest BCUT2D eigenvalue weighted by atomic mass is 16.5. The van der Waals surface area contributed by atoms with Crippen LogP contribution in [0.25, 0.3) is 22.4 Å². The predicted octanol–water partition coefficient (Wildman–Crippen LogP) is 4.79. The van der Waals surface area contributed by atoms with E-state index >= 15 is 0 Å². The standard InChI is InChI=1S/C27H30N2O4/c1-19-6-5-9-23(14-19)24-15-25(30)29(28-27(24)22-7-3-2-4-8-22)16-20-10-12-21(13-11-20)17-33-18-26(31)32/h2-9,14-15,20-21H,10-13,16-18H2,1H3,(H,31,32)/t20-,21+. The second kappa shape index (κ2) is 10.6. The van der Waals surface area contributed by atoms with Gasteiger partial charge in [0.05, 0.1) is 12.3 Å². The van der Waals surface area contributed by atoms with E-state index < -0.39 is 5.97 Å². The normalized spacial score (nSPS) is 18.2. The average Bonchev–Trinajstić information content (AvgIpc) is 2.81. The number of carbonyl (C=O) groups is 1. The van der Waals surface area contributed by atoms with E-state index in [1.54, 1.807) is 10.7 Å². The van der Waals surface area contributed by atoms with Gasteiger partial charge in [-0.3, -0.25) is 4.79 Å². The summed E-state index contributed by atoms with van der Waals surface area (Å²) in [6.07, 6.45) is 3.92. The molecule has 1 fully saturated rings. The molecule has 6 nitrogen and oxygen atoms in total. The van der Waals surface area contributed by atoms with E-state index in [0.717, 1.165) is 53.6 Å². The number of aromatic nitrogens is 2. The van der Waals surface area contributed by atoms with Gasteiger partial charge in [-0.15, -0.1) is 0 Å². The largest absolute Gasteiger partial charge is 0.480 e. The van der Waals surface area contributed by atoms with Crippen LogP contribution in [-0.2, 0) is 16.1 Å². The van der Waals surface area contributed by atoms with Gasteiger partial charge in [-0.2, -0.15) is 5.10 Å². The van der Waals surface area contributed by atoms with Gasteiger partial charge in [-0.25, -0.2) is 9.48 Å². The van der Waals surface area contributed by atoms with Crippen molar-refractivity contribution in [1.82, 2.24) is 9.78 Å². The molecule has 1 aliphatic rings. The third kappa shape index (κ3) is 5.96. The lowest BCUT2D eigenvalue weighted by molar-refractivity contribution is -0.142. The maximum atomic E-state index is 13.0. The number of hydrogen-bond donors (Lipinski definition) is 1. The van der Waals surface area contributed by atoms with Gasteiger partial charge < -0.3 is 9.84 Å². The zero-order valence-corrected chi connectivity index (χ0v) is 18.9. The van der Waals surface area contributed by atoms with E-state index in [-0.39, 0.29) is 12.2 Å². The molecule has 33 heavy (non-hydrogen) atoms. The molecule has 1 aliphatic carbocycles. The SMILES string of the molecule is Cc1cccc(-c2cc(=O)n(C[C@H]3CC[C@@H](COCC(=O)O)CC3)nc2-c2ccccc2)c1. The van der Waals surface area contributed by atoms with Crippen molar-refractivity contribution in [3.63, 3.8) is 0 Å². The monoisotopic (exact) mass is 446 g/mol. The Kier molecular flexibility index (Phi) is 7.35. The van der Waals surface area contributed by atoms with E-state index in [0.29, 0.717) is 25.0 Å². The van der Waals surface area contributed by atoms with Crippen LogP contribution in [0, 0.1) is 18.8 Å². The Bertz CT molecular complexity index is 1150. The zero-order valence-electron chi connectivity index (χ0n) is 18.9. The summed E-state index contributed by atoms with van der Waals surface area (Å²) in [7, 11) is 0. The number of ether oxygens (including phenoxy) is 1. The number of aliphatic carboxylic acids is 1. The molecular weight excluding hydrogens is 416 g/mol. The fraction of sp³-hybridized carbons (Fsp3) is 0.370. The van der Waals surface area contributed by atoms with Gasteiger partial charge in [0.2, 0.25) is 0 Å². The summed E-state index contributed by atoms with van der Waals surface area (Å²) in [5, 5.41) is 13.6. The van der Waals surface area contributed by atoms with Gasteiger partial charge in [-0.05, 0) is 50.0 Å². The van der Waals surface area contributed by atoms with Gasteiger partial charge in [0.1, 0.15) is 6.61 Å². The summed E-state index contributed by atoms with van der Waals surface area (Å²) >= 11 is 0. The first-order valence-electron chi connectivity index (χ1n) is 11.5. The Balaban J connectivity index is 1.54. The first-order chi connectivity index (χ1) is 16.0. The van der Waals surface area contributed by atoms with Crippen LogP contribution in [0.3, 0.4) is 0 Å². The van der Waals surface area contributed by atoms with Crippen LogP contribution in [0.2, 0.25) is 0 Å². The van der Waals surface area contributed by atoms with E-state index in [4.69, 9.17) is 14.9 Å². The average molecular weight is 447 g/mol. The molecule has 172 valence electrons. The molecule has 0 amide bonds. The molecule has 0 bridgehead atoms. The topological polar surface area (TPSA) is 81.4 Å². The maximum absolute atomic E-state index is 13.0. The Hall–Kier alpha value is -3.25. The van der Waals surface area contributed by atoms with Crippen LogP contribution in [0.15, 0.2) is 65.5 Å². The molecule has 0 unspecified atom stereocenters. The third-order valence-corrected chi connectivity index (χ3v) is 6.35. The van der Waals surface area contributed by atoms with E-state index in [2.05, 4.69) is 6.07 Å². The summed E-state index contributed by atoms with van der Waals surface area (Å²) in [5.74, 6) is -0.175. The summed E-state index contributed by atoms with van der Waals surface area (Å²) in [5.41, 5.74) is 4.70. The number of benzene rings is 2. The Labute approximate surface area is 193 Å². The molecule has 0 atom stereocenters. The predicted molar refractivity (Wildman–Crippen MR) is 128 cm³/mol. The maximum Gasteiger partial charge on any atom is 0.329 e. The van der Waals surface area contributed by atoms with Gasteiger partial charge in [-0.1, -0.05) is 60.2 Å². The molecule has 1 N–H and O–H groups in total. The smallest absolute Gasteiger partial charge is 0.329 e. The molecule has 4 rings (SSSR count). The summed E-state index contributed by atoms with van der Waals surface area (Å²) < 4.78 is 6.89. The van der Waals surface area contributed by atoms with Crippen molar-refractivity contribution in [2.75, 3.05) is 13.2 Å². The molecule has 3 aromatic rings. The highest BCUT2D eigenvalue weighted by molar-refractivity contribution is 5.80. The Morgan fingerprint density at radius 2 is 1.70 bits per heavy atom.